The van der Waals surface area contributed by atoms with Crippen LogP contribution in [0.4, 0.5) is 0 Å². The molecular weight excluding hydrogens is 240 g/mol. The molecule has 7 nitrogen and oxygen atoms in total. The van der Waals surface area contributed by atoms with Crippen LogP contribution in [0.25, 0.3) is 0 Å². The van der Waals surface area contributed by atoms with Crippen LogP contribution in [0.15, 0.2) is 0 Å². The minimum absolute atomic E-state index is 0.0970. The largest absolute Gasteiger partial charge is 0.480 e. The van der Waals surface area contributed by atoms with Gasteiger partial charge in [0.25, 0.3) is 0 Å². The normalized spacial score (nSPS) is 22.9. The van der Waals surface area contributed by atoms with E-state index in [0.717, 1.165) is 0 Å². The summed E-state index contributed by atoms with van der Waals surface area (Å²) in [4.78, 5) is 34.9. The van der Waals surface area contributed by atoms with Crippen LogP contribution in [-0.4, -0.2) is 60.1 Å². The SMILES string of the molecule is COC1CC(C(=O)O)N(C(=O)CCNC(C)=O)C1. The van der Waals surface area contributed by atoms with Gasteiger partial charge in [0.2, 0.25) is 11.8 Å². The second kappa shape index (κ2) is 6.34. The van der Waals surface area contributed by atoms with Crippen LogP contribution >= 0.6 is 0 Å². The summed E-state index contributed by atoms with van der Waals surface area (Å²) in [5.74, 6) is -1.52. The van der Waals surface area contributed by atoms with Crippen molar-refractivity contribution in [1.82, 2.24) is 10.2 Å². The van der Waals surface area contributed by atoms with Gasteiger partial charge >= 0.3 is 5.97 Å². The van der Waals surface area contributed by atoms with Gasteiger partial charge in [-0.2, -0.15) is 0 Å². The maximum Gasteiger partial charge on any atom is 0.326 e. The molecule has 2 unspecified atom stereocenters. The van der Waals surface area contributed by atoms with Crippen LogP contribution in [0.5, 0.6) is 0 Å². The predicted octanol–water partition coefficient (Wildman–Crippen LogP) is -0.787. The molecule has 0 saturated carbocycles. The van der Waals surface area contributed by atoms with E-state index in [9.17, 15) is 14.4 Å². The lowest BCUT2D eigenvalue weighted by atomic mass is 10.2. The van der Waals surface area contributed by atoms with Gasteiger partial charge in [-0.15, -0.1) is 0 Å². The van der Waals surface area contributed by atoms with Gasteiger partial charge in [-0.1, -0.05) is 0 Å². The zero-order valence-electron chi connectivity index (χ0n) is 10.5. The number of carboxylic acid groups (broad SMARTS) is 1. The molecule has 0 aliphatic carbocycles. The number of nitrogens with zero attached hydrogens (tertiary/aromatic N) is 1. The number of carbonyl (C=O) groups excluding carboxylic acids is 2. The van der Waals surface area contributed by atoms with E-state index in [0.29, 0.717) is 6.42 Å². The number of hydrogen-bond donors (Lipinski definition) is 2. The molecule has 0 aromatic rings. The fraction of sp³-hybridized carbons (Fsp3) is 0.727. The fourth-order valence-corrected chi connectivity index (χ4v) is 1.97. The van der Waals surface area contributed by atoms with E-state index in [2.05, 4.69) is 5.32 Å². The standard InChI is InChI=1S/C11H18N2O5/c1-7(14)12-4-3-10(15)13-6-8(18-2)5-9(13)11(16)17/h8-9H,3-6H2,1-2H3,(H,12,14)(H,16,17). The lowest BCUT2D eigenvalue weighted by Crippen LogP contribution is -2.41. The summed E-state index contributed by atoms with van der Waals surface area (Å²) in [6.07, 6.45) is 0.160. The number of methoxy groups -OCH3 is 1. The Bertz CT molecular complexity index is 344. The number of nitrogens with one attached hydrogen (secondary N) is 1. The third-order valence-electron chi connectivity index (χ3n) is 2.91. The summed E-state index contributed by atoms with van der Waals surface area (Å²) in [5.41, 5.74) is 0. The van der Waals surface area contributed by atoms with Gasteiger partial charge in [0.15, 0.2) is 0 Å². The van der Waals surface area contributed by atoms with E-state index >= 15 is 0 Å². The van der Waals surface area contributed by atoms with E-state index in [1.807, 2.05) is 0 Å². The van der Waals surface area contributed by atoms with Crippen molar-refractivity contribution in [1.29, 1.82) is 0 Å². The van der Waals surface area contributed by atoms with Crippen LogP contribution in [0.3, 0.4) is 0 Å². The molecule has 0 spiro atoms. The molecule has 1 aliphatic rings. The molecule has 1 rings (SSSR count). The molecule has 1 fully saturated rings. The van der Waals surface area contributed by atoms with Crippen molar-refractivity contribution in [3.8, 4) is 0 Å². The minimum Gasteiger partial charge on any atom is -0.480 e. The number of rotatable bonds is 5. The highest BCUT2D eigenvalue weighted by atomic mass is 16.5. The predicted molar refractivity (Wildman–Crippen MR) is 61.9 cm³/mol. The Hall–Kier alpha value is -1.63. The van der Waals surface area contributed by atoms with Gasteiger partial charge < -0.3 is 20.1 Å². The molecule has 1 aliphatic heterocycles. The first-order valence-electron chi connectivity index (χ1n) is 5.75. The number of carbonyl (C=O) groups is 3. The molecule has 1 saturated heterocycles. The number of amides is 2. The van der Waals surface area contributed by atoms with Crippen LogP contribution in [0.2, 0.25) is 0 Å². The van der Waals surface area contributed by atoms with E-state index in [1.165, 1.54) is 18.9 Å². The lowest BCUT2D eigenvalue weighted by Gasteiger charge is -2.21. The number of aliphatic carboxylic acids is 1. The van der Waals surface area contributed by atoms with Crippen molar-refractivity contribution in [2.45, 2.75) is 31.9 Å². The smallest absolute Gasteiger partial charge is 0.326 e. The zero-order valence-corrected chi connectivity index (χ0v) is 10.5. The van der Waals surface area contributed by atoms with E-state index in [-0.39, 0.29) is 37.4 Å². The van der Waals surface area contributed by atoms with Crippen molar-refractivity contribution in [2.75, 3.05) is 20.2 Å². The molecule has 2 amide bonds. The first-order valence-corrected chi connectivity index (χ1v) is 5.75. The van der Waals surface area contributed by atoms with E-state index in [1.54, 1.807) is 0 Å². The maximum atomic E-state index is 11.9. The summed E-state index contributed by atoms with van der Waals surface area (Å²) in [6, 6.07) is -0.834. The van der Waals surface area contributed by atoms with Crippen molar-refractivity contribution in [3.05, 3.63) is 0 Å². The number of ether oxygens (including phenoxy) is 1. The molecule has 2 N–H and O–H groups in total. The van der Waals surface area contributed by atoms with Crippen molar-refractivity contribution in [3.63, 3.8) is 0 Å². The Morgan fingerprint density at radius 3 is 2.61 bits per heavy atom. The summed E-state index contributed by atoms with van der Waals surface area (Å²) in [5, 5.41) is 11.5. The Morgan fingerprint density at radius 2 is 2.11 bits per heavy atom. The van der Waals surface area contributed by atoms with Crippen molar-refractivity contribution < 1.29 is 24.2 Å². The van der Waals surface area contributed by atoms with Gasteiger partial charge in [-0.05, 0) is 0 Å². The number of likely N-dealkylation sites (tertiary alicyclic amines) is 1. The molecule has 0 radical (unpaired) electrons. The topological polar surface area (TPSA) is 95.9 Å². The van der Waals surface area contributed by atoms with Gasteiger partial charge in [-0.3, -0.25) is 9.59 Å². The van der Waals surface area contributed by atoms with Crippen LogP contribution in [0, 0.1) is 0 Å². The van der Waals surface area contributed by atoms with Crippen molar-refractivity contribution >= 4 is 17.8 Å². The van der Waals surface area contributed by atoms with Gasteiger partial charge in [0.05, 0.1) is 6.10 Å². The van der Waals surface area contributed by atoms with Gasteiger partial charge in [-0.25, -0.2) is 4.79 Å². The quantitative estimate of drug-likeness (QED) is 0.674. The number of carboxylic acids is 1. The van der Waals surface area contributed by atoms with Crippen LogP contribution in [0.1, 0.15) is 19.8 Å². The second-order valence-corrected chi connectivity index (χ2v) is 4.23. The lowest BCUT2D eigenvalue weighted by molar-refractivity contribution is -0.148. The molecule has 0 aromatic heterocycles. The average molecular weight is 258 g/mol. The monoisotopic (exact) mass is 258 g/mol. The molecular formula is C11H18N2O5. The molecule has 18 heavy (non-hydrogen) atoms. The zero-order chi connectivity index (χ0) is 13.7. The molecule has 1 heterocycles. The molecule has 102 valence electrons. The Balaban J connectivity index is 2.54. The van der Waals surface area contributed by atoms with Crippen molar-refractivity contribution in [2.24, 2.45) is 0 Å². The summed E-state index contributed by atoms with van der Waals surface area (Å²) in [6.45, 7) is 1.86. The highest BCUT2D eigenvalue weighted by Gasteiger charge is 2.39. The molecule has 0 aromatic carbocycles. The third-order valence-corrected chi connectivity index (χ3v) is 2.91. The first-order chi connectivity index (χ1) is 8.45. The summed E-state index contributed by atoms with van der Waals surface area (Å²) < 4.78 is 5.09. The Morgan fingerprint density at radius 1 is 1.44 bits per heavy atom. The highest BCUT2D eigenvalue weighted by Crippen LogP contribution is 2.20. The van der Waals surface area contributed by atoms with E-state index < -0.39 is 12.0 Å². The summed E-state index contributed by atoms with van der Waals surface area (Å²) in [7, 11) is 1.49. The minimum atomic E-state index is -1.03. The van der Waals surface area contributed by atoms with Gasteiger partial charge in [0, 0.05) is 40.0 Å². The molecule has 0 bridgehead atoms. The van der Waals surface area contributed by atoms with Crippen LogP contribution in [-0.2, 0) is 19.1 Å². The van der Waals surface area contributed by atoms with E-state index in [4.69, 9.17) is 9.84 Å². The van der Waals surface area contributed by atoms with Crippen LogP contribution < -0.4 is 5.32 Å². The molecule has 2 atom stereocenters. The Labute approximate surface area is 105 Å². The maximum absolute atomic E-state index is 11.9. The fourth-order valence-electron chi connectivity index (χ4n) is 1.97. The average Bonchev–Trinajstić information content (AvgIpc) is 2.72. The first kappa shape index (κ1) is 14.4. The summed E-state index contributed by atoms with van der Waals surface area (Å²) >= 11 is 0. The molecule has 7 heteroatoms. The number of hydrogen-bond acceptors (Lipinski definition) is 4. The van der Waals surface area contributed by atoms with Gasteiger partial charge in [0.1, 0.15) is 6.04 Å². The second-order valence-electron chi connectivity index (χ2n) is 4.23. The third kappa shape index (κ3) is 3.69. The Kier molecular flexibility index (Phi) is 5.08. The highest BCUT2D eigenvalue weighted by molar-refractivity contribution is 5.85.